The molecule has 0 amide bonds. The van der Waals surface area contributed by atoms with Gasteiger partial charge in [-0.05, 0) is 74.8 Å². The molecule has 0 spiro atoms. The highest BCUT2D eigenvalue weighted by Crippen LogP contribution is 2.56. The second-order valence-electron chi connectivity index (χ2n) is 14.0. The number of fused-ring (bicyclic) bond motifs is 3. The van der Waals surface area contributed by atoms with Crippen molar-refractivity contribution in [2.75, 3.05) is 0 Å². The Labute approximate surface area is 321 Å². The smallest absolute Gasteiger partial charge is 0.160 e. The maximum atomic E-state index is 5.35. The van der Waals surface area contributed by atoms with E-state index in [2.05, 4.69) is 187 Å². The molecule has 2 heterocycles. The van der Waals surface area contributed by atoms with Crippen LogP contribution in [0.5, 0.6) is 0 Å². The summed E-state index contributed by atoms with van der Waals surface area (Å²) in [7, 11) is 0. The lowest BCUT2D eigenvalue weighted by Gasteiger charge is -2.34. The van der Waals surface area contributed by atoms with E-state index in [1.165, 1.54) is 33.4 Å². The summed E-state index contributed by atoms with van der Waals surface area (Å²) in [6.45, 7) is 0. The second kappa shape index (κ2) is 13.6. The molecule has 10 rings (SSSR count). The van der Waals surface area contributed by atoms with Gasteiger partial charge in [-0.15, -0.1) is 0 Å². The minimum Gasteiger partial charge on any atom is -0.256 e. The zero-order chi connectivity index (χ0) is 36.6. The fourth-order valence-electron chi connectivity index (χ4n) is 8.29. The monoisotopic (exact) mass is 701 g/mol. The number of pyridine rings is 1. The fourth-order valence-corrected chi connectivity index (χ4v) is 8.29. The van der Waals surface area contributed by atoms with Crippen LogP contribution in [-0.4, -0.2) is 15.0 Å². The molecule has 2 aromatic heterocycles. The van der Waals surface area contributed by atoms with Crippen LogP contribution in [0.25, 0.3) is 67.4 Å². The Bertz CT molecular complexity index is 2740. The highest BCUT2D eigenvalue weighted by atomic mass is 14.9. The van der Waals surface area contributed by atoms with Crippen LogP contribution >= 0.6 is 0 Å². The molecule has 1 aliphatic carbocycles. The minimum atomic E-state index is -0.505. The van der Waals surface area contributed by atoms with Crippen molar-refractivity contribution in [3.05, 3.63) is 235 Å². The van der Waals surface area contributed by atoms with Crippen LogP contribution in [0, 0.1) is 0 Å². The zero-order valence-electron chi connectivity index (χ0n) is 30.0. The quantitative estimate of drug-likeness (QED) is 0.166. The Hall–Kier alpha value is -7.23. The van der Waals surface area contributed by atoms with E-state index < -0.39 is 5.41 Å². The van der Waals surface area contributed by atoms with Crippen LogP contribution in [0.2, 0.25) is 0 Å². The van der Waals surface area contributed by atoms with Gasteiger partial charge < -0.3 is 0 Å². The molecule has 1 aliphatic rings. The van der Waals surface area contributed by atoms with Crippen LogP contribution < -0.4 is 0 Å². The van der Waals surface area contributed by atoms with Gasteiger partial charge in [0.15, 0.2) is 5.82 Å². The maximum absolute atomic E-state index is 5.35. The first kappa shape index (κ1) is 32.4. The Morgan fingerprint density at radius 1 is 0.309 bits per heavy atom. The van der Waals surface area contributed by atoms with E-state index in [1.54, 1.807) is 0 Å². The molecule has 3 nitrogen and oxygen atoms in total. The minimum absolute atomic E-state index is 0.505. The third-order valence-electron chi connectivity index (χ3n) is 10.8. The summed E-state index contributed by atoms with van der Waals surface area (Å²) >= 11 is 0. The summed E-state index contributed by atoms with van der Waals surface area (Å²) in [6, 6.07) is 73.2. The van der Waals surface area contributed by atoms with Crippen LogP contribution in [0.3, 0.4) is 0 Å². The summed E-state index contributed by atoms with van der Waals surface area (Å²) in [5.41, 5.74) is 16.0. The number of aromatic nitrogens is 3. The number of benzene rings is 7. The summed E-state index contributed by atoms with van der Waals surface area (Å²) < 4.78 is 0. The van der Waals surface area contributed by atoms with Crippen molar-refractivity contribution in [1.29, 1.82) is 0 Å². The molecule has 0 radical (unpaired) electrons. The average Bonchev–Trinajstić information content (AvgIpc) is 3.58. The van der Waals surface area contributed by atoms with Gasteiger partial charge in [-0.3, -0.25) is 4.98 Å². The Morgan fingerprint density at radius 2 is 0.855 bits per heavy atom. The summed E-state index contributed by atoms with van der Waals surface area (Å²) in [4.78, 5) is 15.2. The fraction of sp³-hybridized carbons (Fsp3) is 0.0192. The standard InChI is InChI=1S/C52H35N3/c1-4-15-36(16-5-1)39-17-14-18-41(33-39)51-54-49(38-28-26-37(27-29-38)48-25-12-13-32-53-48)35-50(55-51)40-30-31-45-44-23-10-11-24-46(44)52(47(45)34-40,42-19-6-2-7-20-42)43-21-8-3-9-22-43/h1-35H. The van der Waals surface area contributed by atoms with Gasteiger partial charge in [0.05, 0.1) is 22.5 Å². The molecule has 0 aliphatic heterocycles. The molecule has 0 bridgehead atoms. The normalized spacial score (nSPS) is 12.5. The van der Waals surface area contributed by atoms with Crippen molar-refractivity contribution in [2.24, 2.45) is 0 Å². The van der Waals surface area contributed by atoms with E-state index in [0.717, 1.165) is 50.5 Å². The van der Waals surface area contributed by atoms with Crippen molar-refractivity contribution in [3.8, 4) is 67.4 Å². The zero-order valence-corrected chi connectivity index (χ0v) is 30.0. The molecule has 0 saturated carbocycles. The van der Waals surface area contributed by atoms with Crippen molar-refractivity contribution >= 4 is 0 Å². The maximum Gasteiger partial charge on any atom is 0.160 e. The SMILES string of the molecule is c1ccc(-c2cccc(-c3nc(-c4ccc(-c5ccccn5)cc4)cc(-c4ccc5c(c4)C(c4ccccc4)(c4ccccc4)c4ccccc4-5)n3)c2)cc1. The van der Waals surface area contributed by atoms with Crippen molar-refractivity contribution in [2.45, 2.75) is 5.41 Å². The molecular formula is C52H35N3. The molecule has 0 atom stereocenters. The number of hydrogen-bond acceptors (Lipinski definition) is 3. The van der Waals surface area contributed by atoms with E-state index in [1.807, 2.05) is 30.5 Å². The van der Waals surface area contributed by atoms with E-state index in [-0.39, 0.29) is 0 Å². The average molecular weight is 702 g/mol. The Morgan fingerprint density at radius 3 is 1.55 bits per heavy atom. The van der Waals surface area contributed by atoms with Gasteiger partial charge in [0, 0.05) is 28.5 Å². The molecule has 0 N–H and O–H groups in total. The molecule has 55 heavy (non-hydrogen) atoms. The first-order valence-corrected chi connectivity index (χ1v) is 18.7. The largest absolute Gasteiger partial charge is 0.256 e. The van der Waals surface area contributed by atoms with E-state index >= 15 is 0 Å². The van der Waals surface area contributed by atoms with Crippen molar-refractivity contribution in [3.63, 3.8) is 0 Å². The first-order valence-electron chi connectivity index (χ1n) is 18.7. The van der Waals surface area contributed by atoms with E-state index in [9.17, 15) is 0 Å². The highest BCUT2D eigenvalue weighted by molar-refractivity contribution is 5.88. The van der Waals surface area contributed by atoms with Gasteiger partial charge in [-0.2, -0.15) is 0 Å². The predicted octanol–water partition coefficient (Wildman–Crippen LogP) is 12.6. The third kappa shape index (κ3) is 5.65. The number of rotatable bonds is 7. The number of nitrogens with zero attached hydrogens (tertiary/aromatic N) is 3. The first-order chi connectivity index (χ1) is 27.3. The summed E-state index contributed by atoms with van der Waals surface area (Å²) in [6.07, 6.45) is 1.83. The third-order valence-corrected chi connectivity index (χ3v) is 10.8. The molecule has 0 saturated heterocycles. The summed E-state index contributed by atoms with van der Waals surface area (Å²) in [5, 5.41) is 0. The van der Waals surface area contributed by atoms with Crippen LogP contribution in [-0.2, 0) is 5.41 Å². The van der Waals surface area contributed by atoms with Crippen molar-refractivity contribution in [1.82, 2.24) is 15.0 Å². The van der Waals surface area contributed by atoms with Gasteiger partial charge in [0.1, 0.15) is 0 Å². The molecule has 0 unspecified atom stereocenters. The van der Waals surface area contributed by atoms with Gasteiger partial charge >= 0.3 is 0 Å². The lowest BCUT2D eigenvalue weighted by atomic mass is 9.67. The topological polar surface area (TPSA) is 38.7 Å². The van der Waals surface area contributed by atoms with E-state index in [4.69, 9.17) is 9.97 Å². The predicted molar refractivity (Wildman–Crippen MR) is 224 cm³/mol. The van der Waals surface area contributed by atoms with E-state index in [0.29, 0.717) is 5.82 Å². The number of hydrogen-bond donors (Lipinski definition) is 0. The van der Waals surface area contributed by atoms with Crippen LogP contribution in [0.1, 0.15) is 22.3 Å². The second-order valence-corrected chi connectivity index (χ2v) is 14.0. The molecule has 3 heteroatoms. The van der Waals surface area contributed by atoms with Gasteiger partial charge in [0.25, 0.3) is 0 Å². The van der Waals surface area contributed by atoms with Crippen molar-refractivity contribution < 1.29 is 0 Å². The van der Waals surface area contributed by atoms with Crippen LogP contribution in [0.15, 0.2) is 212 Å². The summed E-state index contributed by atoms with van der Waals surface area (Å²) in [5.74, 6) is 0.681. The van der Waals surface area contributed by atoms with Crippen LogP contribution in [0.4, 0.5) is 0 Å². The van der Waals surface area contributed by atoms with Gasteiger partial charge in [-0.25, -0.2) is 9.97 Å². The Balaban J connectivity index is 1.18. The lowest BCUT2D eigenvalue weighted by molar-refractivity contribution is 0.768. The van der Waals surface area contributed by atoms with Gasteiger partial charge in [0.2, 0.25) is 0 Å². The molecule has 7 aromatic carbocycles. The molecule has 9 aromatic rings. The Kier molecular flexibility index (Phi) is 8.04. The highest BCUT2D eigenvalue weighted by Gasteiger charge is 2.46. The molecule has 0 fully saturated rings. The molecule has 258 valence electrons. The molecular weight excluding hydrogens is 667 g/mol. The lowest BCUT2D eigenvalue weighted by Crippen LogP contribution is -2.28. The van der Waals surface area contributed by atoms with Gasteiger partial charge in [-0.1, -0.05) is 176 Å².